The minimum absolute atomic E-state index is 0.0933. The van der Waals surface area contributed by atoms with E-state index in [0.717, 1.165) is 31.1 Å². The van der Waals surface area contributed by atoms with E-state index in [1.807, 2.05) is 6.92 Å². The highest BCUT2D eigenvalue weighted by Gasteiger charge is 2.32. The second-order valence-electron chi connectivity index (χ2n) is 5.47. The van der Waals surface area contributed by atoms with Gasteiger partial charge < -0.3 is 10.6 Å². The van der Waals surface area contributed by atoms with Crippen LogP contribution in [0.4, 0.5) is 11.5 Å². The number of nitrogens with two attached hydrogens (primary N) is 1. The lowest BCUT2D eigenvalue weighted by Crippen LogP contribution is -2.58. The summed E-state index contributed by atoms with van der Waals surface area (Å²) < 4.78 is 0. The number of piperazine rings is 1. The Bertz CT molecular complexity index is 460. The predicted molar refractivity (Wildman–Crippen MR) is 75.1 cm³/mol. The lowest BCUT2D eigenvalue weighted by atomic mass is 9.99. The minimum atomic E-state index is 0.0933. The van der Waals surface area contributed by atoms with Crippen LogP contribution in [0.25, 0.3) is 0 Å². The maximum absolute atomic E-state index is 6.07. The van der Waals surface area contributed by atoms with Gasteiger partial charge in [0.2, 0.25) is 5.28 Å². The Kier molecular flexibility index (Phi) is 3.38. The number of likely N-dealkylation sites (N-methyl/N-ethyl adjacent to an activating group) is 1. The van der Waals surface area contributed by atoms with E-state index in [1.165, 1.54) is 0 Å². The third-order valence-corrected chi connectivity index (χ3v) is 3.87. The molecule has 2 heterocycles. The number of nitrogen functional groups attached to an aromatic ring is 1. The van der Waals surface area contributed by atoms with Gasteiger partial charge in [-0.1, -0.05) is 0 Å². The lowest BCUT2D eigenvalue weighted by molar-refractivity contribution is 0.138. The molecule has 0 aliphatic carbocycles. The highest BCUT2D eigenvalue weighted by Crippen LogP contribution is 2.29. The van der Waals surface area contributed by atoms with Gasteiger partial charge in [0.25, 0.3) is 0 Å². The van der Waals surface area contributed by atoms with Gasteiger partial charge in [-0.15, -0.1) is 0 Å². The smallest absolute Gasteiger partial charge is 0.224 e. The molecule has 1 aromatic rings. The minimum Gasteiger partial charge on any atom is -0.394 e. The van der Waals surface area contributed by atoms with Crippen molar-refractivity contribution in [3.8, 4) is 0 Å². The van der Waals surface area contributed by atoms with Crippen LogP contribution in [-0.4, -0.2) is 47.1 Å². The molecule has 6 heteroatoms. The monoisotopic (exact) mass is 269 g/mol. The maximum atomic E-state index is 6.07. The molecule has 0 saturated carbocycles. The molecule has 18 heavy (non-hydrogen) atoms. The van der Waals surface area contributed by atoms with Gasteiger partial charge in [-0.3, -0.25) is 4.90 Å². The molecule has 2 rings (SSSR count). The third kappa shape index (κ3) is 2.37. The molecule has 100 valence electrons. The van der Waals surface area contributed by atoms with Crippen LogP contribution in [0.3, 0.4) is 0 Å². The first-order valence-corrected chi connectivity index (χ1v) is 6.45. The lowest BCUT2D eigenvalue weighted by Gasteiger charge is -2.46. The molecule has 1 aliphatic heterocycles. The zero-order valence-electron chi connectivity index (χ0n) is 11.4. The van der Waals surface area contributed by atoms with Crippen LogP contribution >= 0.6 is 11.6 Å². The van der Waals surface area contributed by atoms with E-state index in [0.29, 0.717) is 5.69 Å². The van der Waals surface area contributed by atoms with Crippen LogP contribution in [0.15, 0.2) is 0 Å². The summed E-state index contributed by atoms with van der Waals surface area (Å²) in [5.41, 5.74) is 7.52. The quantitative estimate of drug-likeness (QED) is 0.784. The first-order valence-electron chi connectivity index (χ1n) is 6.07. The molecular formula is C12H20ClN5. The molecule has 1 saturated heterocycles. The Hall–Kier alpha value is -1.07. The number of hydrogen-bond acceptors (Lipinski definition) is 5. The number of aromatic nitrogens is 2. The van der Waals surface area contributed by atoms with E-state index in [2.05, 4.69) is 40.7 Å². The van der Waals surface area contributed by atoms with Crippen LogP contribution in [0.2, 0.25) is 5.28 Å². The Balaban J connectivity index is 2.33. The van der Waals surface area contributed by atoms with Crippen molar-refractivity contribution in [2.75, 3.05) is 37.3 Å². The second kappa shape index (κ2) is 4.55. The van der Waals surface area contributed by atoms with E-state index >= 15 is 0 Å². The van der Waals surface area contributed by atoms with Crippen molar-refractivity contribution in [3.05, 3.63) is 11.0 Å². The summed E-state index contributed by atoms with van der Waals surface area (Å²) in [4.78, 5) is 12.9. The summed E-state index contributed by atoms with van der Waals surface area (Å²) in [5.74, 6) is 0.758. The van der Waals surface area contributed by atoms with Crippen LogP contribution < -0.4 is 10.6 Å². The van der Waals surface area contributed by atoms with E-state index < -0.39 is 0 Å². The molecule has 1 fully saturated rings. The van der Waals surface area contributed by atoms with Gasteiger partial charge in [0.15, 0.2) is 5.82 Å². The third-order valence-electron chi connectivity index (χ3n) is 3.70. The first-order chi connectivity index (χ1) is 8.31. The molecule has 0 unspecified atom stereocenters. The van der Waals surface area contributed by atoms with Crippen LogP contribution in [0.1, 0.15) is 19.5 Å². The molecule has 5 nitrogen and oxygen atoms in total. The summed E-state index contributed by atoms with van der Waals surface area (Å²) in [5, 5.41) is 0.258. The summed E-state index contributed by atoms with van der Waals surface area (Å²) in [6.45, 7) is 9.04. The van der Waals surface area contributed by atoms with Gasteiger partial charge in [0.05, 0.1) is 11.4 Å². The normalized spacial score (nSPS) is 20.2. The topological polar surface area (TPSA) is 58.3 Å². The van der Waals surface area contributed by atoms with Gasteiger partial charge in [0.1, 0.15) is 0 Å². The highest BCUT2D eigenvalue weighted by atomic mass is 35.5. The zero-order chi connectivity index (χ0) is 13.5. The Morgan fingerprint density at radius 2 is 1.94 bits per heavy atom. The second-order valence-corrected chi connectivity index (χ2v) is 5.81. The molecule has 0 radical (unpaired) electrons. The van der Waals surface area contributed by atoms with Crippen LogP contribution in [0.5, 0.6) is 0 Å². The van der Waals surface area contributed by atoms with Crippen molar-refractivity contribution in [2.24, 2.45) is 0 Å². The van der Waals surface area contributed by atoms with Gasteiger partial charge in [0, 0.05) is 25.2 Å². The number of rotatable bonds is 1. The molecule has 2 N–H and O–H groups in total. The molecule has 1 aliphatic rings. The van der Waals surface area contributed by atoms with Gasteiger partial charge in [-0.2, -0.15) is 4.98 Å². The van der Waals surface area contributed by atoms with Crippen molar-refractivity contribution in [1.29, 1.82) is 0 Å². The van der Waals surface area contributed by atoms with Crippen molar-refractivity contribution in [3.63, 3.8) is 0 Å². The first kappa shape index (κ1) is 13.4. The Labute approximate surface area is 113 Å². The Morgan fingerprint density at radius 3 is 2.56 bits per heavy atom. The van der Waals surface area contributed by atoms with Gasteiger partial charge >= 0.3 is 0 Å². The van der Waals surface area contributed by atoms with Crippen molar-refractivity contribution in [1.82, 2.24) is 14.9 Å². The van der Waals surface area contributed by atoms with Gasteiger partial charge in [-0.05, 0) is 39.4 Å². The predicted octanol–water partition coefficient (Wildman–Crippen LogP) is 1.55. The average molecular weight is 270 g/mol. The standard InChI is InChI=1S/C12H20ClN5/c1-8-9(14)10(16-11(13)15-8)18-6-5-17(4)12(2,3)7-18/h5-7,14H2,1-4H3. The number of hydrogen-bond donors (Lipinski definition) is 1. The highest BCUT2D eigenvalue weighted by molar-refractivity contribution is 6.28. The van der Waals surface area contributed by atoms with Crippen LogP contribution in [-0.2, 0) is 0 Å². The number of anilines is 2. The maximum Gasteiger partial charge on any atom is 0.224 e. The van der Waals surface area contributed by atoms with Gasteiger partial charge in [-0.25, -0.2) is 4.98 Å². The fourth-order valence-corrected chi connectivity index (χ4v) is 2.40. The van der Waals surface area contributed by atoms with E-state index in [9.17, 15) is 0 Å². The molecule has 0 aromatic carbocycles. The Morgan fingerprint density at radius 1 is 1.28 bits per heavy atom. The summed E-state index contributed by atoms with van der Waals surface area (Å²) in [6.07, 6.45) is 0. The summed E-state index contributed by atoms with van der Waals surface area (Å²) >= 11 is 5.93. The molecule has 0 spiro atoms. The SMILES string of the molecule is Cc1nc(Cl)nc(N2CCN(C)C(C)(C)C2)c1N. The molecule has 0 bridgehead atoms. The molecule has 0 amide bonds. The van der Waals surface area contributed by atoms with E-state index in [1.54, 1.807) is 0 Å². The summed E-state index contributed by atoms with van der Waals surface area (Å²) in [7, 11) is 2.14. The van der Waals surface area contributed by atoms with E-state index in [-0.39, 0.29) is 10.8 Å². The largest absolute Gasteiger partial charge is 0.394 e. The average Bonchev–Trinajstić information content (AvgIpc) is 2.27. The number of nitrogens with zero attached hydrogens (tertiary/aromatic N) is 4. The fraction of sp³-hybridized carbons (Fsp3) is 0.667. The molecule has 0 atom stereocenters. The zero-order valence-corrected chi connectivity index (χ0v) is 12.1. The molecule has 1 aromatic heterocycles. The number of aryl methyl sites for hydroxylation is 1. The van der Waals surface area contributed by atoms with E-state index in [4.69, 9.17) is 17.3 Å². The number of halogens is 1. The van der Waals surface area contributed by atoms with Crippen LogP contribution in [0, 0.1) is 6.92 Å². The summed E-state index contributed by atoms with van der Waals surface area (Å²) in [6, 6.07) is 0. The van der Waals surface area contributed by atoms with Crippen molar-refractivity contribution < 1.29 is 0 Å². The fourth-order valence-electron chi connectivity index (χ4n) is 2.20. The van der Waals surface area contributed by atoms with Crippen molar-refractivity contribution in [2.45, 2.75) is 26.3 Å². The molecular weight excluding hydrogens is 250 g/mol. The van der Waals surface area contributed by atoms with Crippen molar-refractivity contribution >= 4 is 23.1 Å².